The number of ether oxygens (including phenoxy) is 5. The first-order valence-electron chi connectivity index (χ1n) is 11.6. The van der Waals surface area contributed by atoms with Crippen molar-refractivity contribution >= 4 is 19.0 Å². The molecule has 0 aliphatic carbocycles. The van der Waals surface area contributed by atoms with Gasteiger partial charge in [0.25, 0.3) is 0 Å². The van der Waals surface area contributed by atoms with Crippen LogP contribution in [0.5, 0.6) is 17.2 Å². The van der Waals surface area contributed by atoms with Gasteiger partial charge in [-0.2, -0.15) is 5.10 Å². The van der Waals surface area contributed by atoms with Crippen molar-refractivity contribution in [3.8, 4) is 17.2 Å². The number of hydrogen-bond acceptors (Lipinski definition) is 6. The molecule has 2 aromatic carbocycles. The summed E-state index contributed by atoms with van der Waals surface area (Å²) < 4.78 is 58.4. The van der Waals surface area contributed by atoms with Crippen molar-refractivity contribution in [1.82, 2.24) is 9.78 Å². The average molecular weight is 507 g/mol. The van der Waals surface area contributed by atoms with Crippen LogP contribution >= 0.6 is 0 Å². The lowest BCUT2D eigenvalue weighted by atomic mass is 10.2. The average Bonchev–Trinajstić information content (AvgIpc) is 3.33. The summed E-state index contributed by atoms with van der Waals surface area (Å²) in [6, 6.07) is 7.60. The van der Waals surface area contributed by atoms with Crippen LogP contribution in [0.2, 0.25) is 25.7 Å². The van der Waals surface area contributed by atoms with Crippen LogP contribution < -0.4 is 9.47 Å². The highest BCUT2D eigenvalue weighted by Crippen LogP contribution is 2.35. The molecule has 1 aliphatic rings. The van der Waals surface area contributed by atoms with E-state index in [0.717, 1.165) is 23.6 Å². The van der Waals surface area contributed by atoms with Gasteiger partial charge in [0.05, 0.1) is 23.7 Å². The zero-order chi connectivity index (χ0) is 25.2. The van der Waals surface area contributed by atoms with Crippen LogP contribution in [0.1, 0.15) is 13.8 Å². The summed E-state index contributed by atoms with van der Waals surface area (Å²) in [5.41, 5.74) is 0.706. The van der Waals surface area contributed by atoms with Gasteiger partial charge in [0.15, 0.2) is 17.4 Å². The molecule has 35 heavy (non-hydrogen) atoms. The predicted octanol–water partition coefficient (Wildman–Crippen LogP) is 5.95. The zero-order valence-electron chi connectivity index (χ0n) is 20.8. The van der Waals surface area contributed by atoms with Crippen molar-refractivity contribution < 1.29 is 32.5 Å². The Labute approximate surface area is 204 Å². The fourth-order valence-electron chi connectivity index (χ4n) is 3.64. The highest BCUT2D eigenvalue weighted by atomic mass is 28.3. The molecule has 1 aliphatic heterocycles. The molecule has 1 saturated heterocycles. The van der Waals surface area contributed by atoms with Crippen LogP contribution in [0.15, 0.2) is 36.5 Å². The van der Waals surface area contributed by atoms with Crippen molar-refractivity contribution in [1.29, 1.82) is 0 Å². The predicted molar refractivity (Wildman–Crippen MR) is 131 cm³/mol. The molecule has 0 N–H and O–H groups in total. The van der Waals surface area contributed by atoms with Gasteiger partial charge in [-0.25, -0.2) is 13.5 Å². The molecule has 0 radical (unpaired) electrons. The van der Waals surface area contributed by atoms with E-state index in [1.807, 2.05) is 13.8 Å². The second-order valence-electron chi connectivity index (χ2n) is 10.3. The summed E-state index contributed by atoms with van der Waals surface area (Å²) in [6.45, 7) is 12.2. The Morgan fingerprint density at radius 3 is 2.63 bits per heavy atom. The number of aromatic nitrogens is 2. The van der Waals surface area contributed by atoms with Gasteiger partial charge in [0.2, 0.25) is 0 Å². The number of halogens is 2. The molecule has 0 spiro atoms. The smallest absolute Gasteiger partial charge is 0.168 e. The molecule has 1 aromatic heterocycles. The van der Waals surface area contributed by atoms with E-state index < -0.39 is 25.5 Å². The lowest BCUT2D eigenvalue weighted by molar-refractivity contribution is -0.141. The highest BCUT2D eigenvalue weighted by Gasteiger charge is 2.33. The quantitative estimate of drug-likeness (QED) is 0.250. The van der Waals surface area contributed by atoms with E-state index >= 15 is 0 Å². The Morgan fingerprint density at radius 2 is 1.94 bits per heavy atom. The molecular formula is C25H32F2N2O5Si. The van der Waals surface area contributed by atoms with E-state index in [-0.39, 0.29) is 25.2 Å². The van der Waals surface area contributed by atoms with Crippen molar-refractivity contribution in [3.63, 3.8) is 0 Å². The minimum atomic E-state index is -1.22. The van der Waals surface area contributed by atoms with E-state index in [9.17, 15) is 8.78 Å². The Morgan fingerprint density at radius 1 is 1.14 bits per heavy atom. The van der Waals surface area contributed by atoms with E-state index in [1.165, 1.54) is 6.07 Å². The first-order chi connectivity index (χ1) is 16.5. The van der Waals surface area contributed by atoms with Gasteiger partial charge in [-0.15, -0.1) is 0 Å². The fraction of sp³-hybridized carbons (Fsp3) is 0.480. The third kappa shape index (κ3) is 6.78. The van der Waals surface area contributed by atoms with E-state index in [1.54, 1.807) is 23.0 Å². The summed E-state index contributed by atoms with van der Waals surface area (Å²) in [4.78, 5) is 0. The maximum absolute atomic E-state index is 14.2. The molecule has 2 heterocycles. The topological polar surface area (TPSA) is 64.0 Å². The van der Waals surface area contributed by atoms with Crippen molar-refractivity contribution in [2.45, 2.75) is 58.2 Å². The largest absolute Gasteiger partial charge is 0.490 e. The number of hydrogen-bond donors (Lipinski definition) is 0. The summed E-state index contributed by atoms with van der Waals surface area (Å²) in [6.07, 6.45) is 1.46. The Bertz CT molecular complexity index is 1180. The van der Waals surface area contributed by atoms with Crippen LogP contribution in [-0.2, 0) is 20.9 Å². The standard InChI is InChI=1S/C25H32F2N2O5Si/c1-25(2)32-15-19(34-25)14-31-24-12-18(33-23-7-6-17(26)10-21(23)27)11-22-20(24)13-28-29(22)16-30-8-9-35(3,4)5/h6-7,10-13,19H,8-9,14-16H2,1-5H3/t19-/m1/s1. The SMILES string of the molecule is CC1(C)OC[C@@H](COc2cc(Oc3ccc(F)cc3F)cc3c2cnn3COCC[Si](C)(C)C)O1. The van der Waals surface area contributed by atoms with Gasteiger partial charge in [0.1, 0.15) is 36.8 Å². The number of rotatable bonds is 10. The molecule has 0 amide bonds. The summed E-state index contributed by atoms with van der Waals surface area (Å²) in [5.74, 6) is -1.40. The Balaban J connectivity index is 1.58. The monoisotopic (exact) mass is 506 g/mol. The first kappa shape index (κ1) is 25.6. The minimum Gasteiger partial charge on any atom is -0.490 e. The van der Waals surface area contributed by atoms with Gasteiger partial charge in [-0.3, -0.25) is 0 Å². The van der Waals surface area contributed by atoms with Gasteiger partial charge in [0, 0.05) is 32.9 Å². The van der Waals surface area contributed by atoms with E-state index in [2.05, 4.69) is 24.7 Å². The molecule has 4 rings (SSSR count). The van der Waals surface area contributed by atoms with Crippen LogP contribution in [0, 0.1) is 11.6 Å². The molecule has 0 saturated carbocycles. The molecule has 7 nitrogen and oxygen atoms in total. The molecule has 0 bridgehead atoms. The van der Waals surface area contributed by atoms with Crippen LogP contribution in [0.4, 0.5) is 8.78 Å². The highest BCUT2D eigenvalue weighted by molar-refractivity contribution is 6.76. The normalized spacial score (nSPS) is 17.7. The van der Waals surface area contributed by atoms with Crippen molar-refractivity contribution in [3.05, 3.63) is 48.2 Å². The molecule has 1 fully saturated rings. The maximum Gasteiger partial charge on any atom is 0.168 e. The molecule has 190 valence electrons. The molecule has 3 aromatic rings. The summed E-state index contributed by atoms with van der Waals surface area (Å²) >= 11 is 0. The van der Waals surface area contributed by atoms with Crippen LogP contribution in [-0.4, -0.2) is 49.6 Å². The Kier molecular flexibility index (Phi) is 7.46. The Hall–Kier alpha value is -2.53. The molecule has 0 unspecified atom stereocenters. The number of benzene rings is 2. The third-order valence-corrected chi connectivity index (χ3v) is 7.23. The van der Waals surface area contributed by atoms with Crippen LogP contribution in [0.3, 0.4) is 0 Å². The van der Waals surface area contributed by atoms with Gasteiger partial charge >= 0.3 is 0 Å². The van der Waals surface area contributed by atoms with E-state index in [0.29, 0.717) is 30.2 Å². The molecule has 10 heteroatoms. The third-order valence-electron chi connectivity index (χ3n) is 5.52. The van der Waals surface area contributed by atoms with Crippen LogP contribution in [0.25, 0.3) is 10.9 Å². The second-order valence-corrected chi connectivity index (χ2v) is 15.9. The lowest BCUT2D eigenvalue weighted by Crippen LogP contribution is -2.25. The molecular weight excluding hydrogens is 474 g/mol. The zero-order valence-corrected chi connectivity index (χ0v) is 21.8. The number of fused-ring (bicyclic) bond motifs is 1. The van der Waals surface area contributed by atoms with Gasteiger partial charge in [-0.05, 0) is 32.0 Å². The summed E-state index contributed by atoms with van der Waals surface area (Å²) in [5, 5.41) is 5.21. The fourth-order valence-corrected chi connectivity index (χ4v) is 4.40. The second kappa shape index (κ2) is 10.2. The lowest BCUT2D eigenvalue weighted by Gasteiger charge is -2.18. The first-order valence-corrected chi connectivity index (χ1v) is 15.3. The van der Waals surface area contributed by atoms with Crippen molar-refractivity contribution in [2.24, 2.45) is 0 Å². The maximum atomic E-state index is 14.2. The van der Waals surface area contributed by atoms with Crippen molar-refractivity contribution in [2.75, 3.05) is 19.8 Å². The summed E-state index contributed by atoms with van der Waals surface area (Å²) in [7, 11) is -1.22. The minimum absolute atomic E-state index is 0.0940. The molecule has 1 atom stereocenters. The van der Waals surface area contributed by atoms with Gasteiger partial charge < -0.3 is 23.7 Å². The number of nitrogens with zero attached hydrogens (tertiary/aromatic N) is 2. The van der Waals surface area contributed by atoms with E-state index in [4.69, 9.17) is 23.7 Å². The van der Waals surface area contributed by atoms with Gasteiger partial charge in [-0.1, -0.05) is 19.6 Å².